The van der Waals surface area contributed by atoms with Gasteiger partial charge < -0.3 is 17.2 Å². The summed E-state index contributed by atoms with van der Waals surface area (Å²) in [7, 11) is 0. The van der Waals surface area contributed by atoms with Crippen molar-refractivity contribution < 1.29 is 0 Å². The first-order valence-corrected chi connectivity index (χ1v) is 8.79. The Balaban J connectivity index is 3.89. The largest absolute Gasteiger partial charge is 0.321 e. The van der Waals surface area contributed by atoms with E-state index in [2.05, 4.69) is 57.0 Å². The molecular formula is C18H36N6. The minimum absolute atomic E-state index is 0.159. The summed E-state index contributed by atoms with van der Waals surface area (Å²) >= 11 is 0. The number of aromatic nitrogens is 3. The lowest BCUT2D eigenvalue weighted by atomic mass is 9.71. The Morgan fingerprint density at radius 2 is 0.917 bits per heavy atom. The molecule has 6 heteroatoms. The van der Waals surface area contributed by atoms with Crippen LogP contribution in [0.1, 0.15) is 79.3 Å². The number of hydrogen-bond donors (Lipinski definition) is 3. The van der Waals surface area contributed by atoms with E-state index in [0.717, 1.165) is 5.56 Å². The van der Waals surface area contributed by atoms with Crippen LogP contribution in [0.25, 0.3) is 0 Å². The molecule has 1 rings (SSSR count). The Bertz CT molecular complexity index is 535. The van der Waals surface area contributed by atoms with Gasteiger partial charge in [-0.25, -0.2) is 0 Å². The third-order valence-corrected chi connectivity index (χ3v) is 5.92. The maximum absolute atomic E-state index is 6.76. The first-order valence-electron chi connectivity index (χ1n) is 8.79. The third-order valence-electron chi connectivity index (χ3n) is 5.92. The molecule has 0 spiro atoms. The van der Waals surface area contributed by atoms with E-state index in [1.807, 2.05) is 20.8 Å². The number of hydrogen-bond acceptors (Lipinski definition) is 6. The van der Waals surface area contributed by atoms with Gasteiger partial charge in [-0.1, -0.05) is 41.5 Å². The van der Waals surface area contributed by atoms with Gasteiger partial charge in [0.1, 0.15) is 0 Å². The fourth-order valence-electron chi connectivity index (χ4n) is 2.42. The fraction of sp³-hybridized carbons (Fsp3) is 0.833. The predicted octanol–water partition coefficient (Wildman–Crippen LogP) is 2.36. The maximum Gasteiger partial charge on any atom is 0.0917 e. The highest BCUT2D eigenvalue weighted by Gasteiger charge is 2.43. The third kappa shape index (κ3) is 3.46. The van der Waals surface area contributed by atoms with Crippen molar-refractivity contribution >= 4 is 0 Å². The number of nitrogens with two attached hydrogens (primary N) is 3. The molecule has 0 amide bonds. The Labute approximate surface area is 147 Å². The molecule has 0 aromatic carbocycles. The second kappa shape index (κ2) is 6.65. The second-order valence-electron chi connectivity index (χ2n) is 8.67. The summed E-state index contributed by atoms with van der Waals surface area (Å²) < 4.78 is 0. The van der Waals surface area contributed by atoms with Gasteiger partial charge >= 0.3 is 0 Å². The lowest BCUT2D eigenvalue weighted by Crippen LogP contribution is -2.51. The zero-order valence-corrected chi connectivity index (χ0v) is 16.8. The Kier molecular flexibility index (Phi) is 5.80. The van der Waals surface area contributed by atoms with Gasteiger partial charge in [0.05, 0.1) is 22.5 Å². The molecule has 0 saturated heterocycles. The summed E-state index contributed by atoms with van der Waals surface area (Å²) in [6, 6.07) is 0. The van der Waals surface area contributed by atoms with Crippen LogP contribution in [0, 0.1) is 17.8 Å². The molecule has 6 N–H and O–H groups in total. The molecule has 3 atom stereocenters. The molecule has 6 nitrogen and oxygen atoms in total. The molecule has 138 valence electrons. The Morgan fingerprint density at radius 1 is 0.625 bits per heavy atom. The van der Waals surface area contributed by atoms with Gasteiger partial charge in [-0.15, -0.1) is 10.2 Å². The van der Waals surface area contributed by atoms with Crippen LogP contribution >= 0.6 is 0 Å². The van der Waals surface area contributed by atoms with Crippen LogP contribution in [-0.4, -0.2) is 15.4 Å². The summed E-state index contributed by atoms with van der Waals surface area (Å²) in [6.07, 6.45) is 0. The molecule has 0 aliphatic carbocycles. The standard InChI is InChI=1S/C18H36N6/c1-10(2)16(7,19)13-14(17(8,20)11(3)4)22-24-23-15(13)18(9,21)12(5)6/h10-12H,19-21H2,1-9H3. The van der Waals surface area contributed by atoms with Crippen LogP contribution < -0.4 is 17.2 Å². The molecule has 0 bridgehead atoms. The van der Waals surface area contributed by atoms with Gasteiger partial charge in [-0.05, 0) is 43.7 Å². The Morgan fingerprint density at radius 3 is 1.17 bits per heavy atom. The number of nitrogens with zero attached hydrogens (tertiary/aromatic N) is 3. The van der Waals surface area contributed by atoms with Gasteiger partial charge in [0.25, 0.3) is 0 Å². The van der Waals surface area contributed by atoms with Crippen LogP contribution in [0.2, 0.25) is 0 Å². The van der Waals surface area contributed by atoms with E-state index < -0.39 is 16.6 Å². The van der Waals surface area contributed by atoms with E-state index in [4.69, 9.17) is 17.2 Å². The van der Waals surface area contributed by atoms with Crippen molar-refractivity contribution in [3.63, 3.8) is 0 Å². The zero-order valence-electron chi connectivity index (χ0n) is 16.8. The van der Waals surface area contributed by atoms with Crippen LogP contribution in [0.15, 0.2) is 0 Å². The smallest absolute Gasteiger partial charge is 0.0917 e. The van der Waals surface area contributed by atoms with Gasteiger partial charge in [0.15, 0.2) is 0 Å². The van der Waals surface area contributed by atoms with Crippen molar-refractivity contribution in [2.75, 3.05) is 0 Å². The highest BCUT2D eigenvalue weighted by molar-refractivity contribution is 5.39. The van der Waals surface area contributed by atoms with E-state index in [1.54, 1.807) is 0 Å². The highest BCUT2D eigenvalue weighted by atomic mass is 15.3. The van der Waals surface area contributed by atoms with E-state index in [1.165, 1.54) is 0 Å². The average molecular weight is 337 g/mol. The molecule has 1 aromatic rings. The zero-order chi connectivity index (χ0) is 19.1. The minimum Gasteiger partial charge on any atom is -0.321 e. The minimum atomic E-state index is -0.678. The second-order valence-corrected chi connectivity index (χ2v) is 8.67. The van der Waals surface area contributed by atoms with Crippen molar-refractivity contribution in [2.45, 2.75) is 78.9 Å². The van der Waals surface area contributed by atoms with E-state index in [9.17, 15) is 0 Å². The topological polar surface area (TPSA) is 117 Å². The summed E-state index contributed by atoms with van der Waals surface area (Å²) in [5, 5.41) is 12.7. The lowest BCUT2D eigenvalue weighted by molar-refractivity contribution is 0.274. The van der Waals surface area contributed by atoms with Gasteiger partial charge in [0, 0.05) is 11.1 Å². The molecular weight excluding hydrogens is 300 g/mol. The monoisotopic (exact) mass is 336 g/mol. The van der Waals surface area contributed by atoms with Gasteiger partial charge in [-0.3, -0.25) is 0 Å². The lowest BCUT2D eigenvalue weighted by Gasteiger charge is -2.41. The van der Waals surface area contributed by atoms with Gasteiger partial charge in [-0.2, -0.15) is 0 Å². The maximum atomic E-state index is 6.76. The van der Waals surface area contributed by atoms with Crippen molar-refractivity contribution in [1.82, 2.24) is 15.4 Å². The molecule has 1 heterocycles. The van der Waals surface area contributed by atoms with Crippen molar-refractivity contribution in [3.8, 4) is 0 Å². The fourth-order valence-corrected chi connectivity index (χ4v) is 2.42. The normalized spacial score (nSPS) is 20.1. The molecule has 0 radical (unpaired) electrons. The van der Waals surface area contributed by atoms with Crippen LogP contribution in [0.4, 0.5) is 0 Å². The van der Waals surface area contributed by atoms with Crippen LogP contribution in [0.5, 0.6) is 0 Å². The van der Waals surface area contributed by atoms with Crippen molar-refractivity contribution in [2.24, 2.45) is 35.0 Å². The molecule has 24 heavy (non-hydrogen) atoms. The molecule has 1 aromatic heterocycles. The summed E-state index contributed by atoms with van der Waals surface area (Å²) in [6.45, 7) is 18.4. The van der Waals surface area contributed by atoms with E-state index in [-0.39, 0.29) is 17.8 Å². The number of rotatable bonds is 6. The van der Waals surface area contributed by atoms with Crippen molar-refractivity contribution in [1.29, 1.82) is 0 Å². The van der Waals surface area contributed by atoms with Crippen LogP contribution in [-0.2, 0) is 16.6 Å². The van der Waals surface area contributed by atoms with E-state index >= 15 is 0 Å². The van der Waals surface area contributed by atoms with Crippen molar-refractivity contribution in [3.05, 3.63) is 17.0 Å². The first-order chi connectivity index (χ1) is 10.7. The quantitative estimate of drug-likeness (QED) is 0.734. The predicted molar refractivity (Wildman–Crippen MR) is 99.0 cm³/mol. The van der Waals surface area contributed by atoms with Crippen LogP contribution in [0.3, 0.4) is 0 Å². The summed E-state index contributed by atoms with van der Waals surface area (Å²) in [5.74, 6) is 0.477. The molecule has 0 aliphatic rings. The molecule has 0 fully saturated rings. The molecule has 3 unspecified atom stereocenters. The summed E-state index contributed by atoms with van der Waals surface area (Å²) in [4.78, 5) is 0. The SMILES string of the molecule is CC(C)C(C)(N)c1nnnc(C(C)(N)C(C)C)c1C(C)(N)C(C)C. The summed E-state index contributed by atoms with van der Waals surface area (Å²) in [5.41, 5.74) is 20.2. The first kappa shape index (κ1) is 20.9. The molecule has 0 saturated carbocycles. The van der Waals surface area contributed by atoms with E-state index in [0.29, 0.717) is 11.4 Å². The Hall–Kier alpha value is -1.11. The molecule has 0 aliphatic heterocycles. The average Bonchev–Trinajstić information content (AvgIpc) is 2.45. The highest BCUT2D eigenvalue weighted by Crippen LogP contribution is 2.40. The van der Waals surface area contributed by atoms with Gasteiger partial charge in [0.2, 0.25) is 0 Å².